The van der Waals surface area contributed by atoms with E-state index in [1.165, 1.54) is 36.6 Å². The summed E-state index contributed by atoms with van der Waals surface area (Å²) in [5, 5.41) is 12.6. The number of likely N-dealkylation sites (tertiary alicyclic amines) is 1. The molecule has 6 nitrogen and oxygen atoms in total. The van der Waals surface area contributed by atoms with Gasteiger partial charge >= 0.3 is 0 Å². The molecule has 25 heavy (non-hydrogen) atoms. The summed E-state index contributed by atoms with van der Waals surface area (Å²) in [5.74, 6) is 0.559. The number of amides is 1. The smallest absolute Gasteiger partial charge is 0.233 e. The van der Waals surface area contributed by atoms with E-state index < -0.39 is 0 Å². The van der Waals surface area contributed by atoms with Crippen LogP contribution >= 0.6 is 11.8 Å². The van der Waals surface area contributed by atoms with Gasteiger partial charge in [0.15, 0.2) is 0 Å². The molecule has 1 aliphatic heterocycles. The quantitative estimate of drug-likeness (QED) is 0.711. The minimum absolute atomic E-state index is 0.175. The van der Waals surface area contributed by atoms with Crippen molar-refractivity contribution < 1.29 is 4.79 Å². The molecule has 7 heteroatoms. The third kappa shape index (κ3) is 4.81. The highest BCUT2D eigenvalue weighted by molar-refractivity contribution is 7.99. The van der Waals surface area contributed by atoms with E-state index in [2.05, 4.69) is 34.6 Å². The van der Waals surface area contributed by atoms with E-state index in [1.807, 2.05) is 17.0 Å². The van der Waals surface area contributed by atoms with Gasteiger partial charge in [0.2, 0.25) is 11.1 Å². The molecule has 3 rings (SSSR count). The van der Waals surface area contributed by atoms with Crippen LogP contribution in [0.15, 0.2) is 29.4 Å². The molecule has 0 atom stereocenters. The van der Waals surface area contributed by atoms with Crippen LogP contribution in [0.2, 0.25) is 0 Å². The normalized spacial score (nSPS) is 14.7. The molecular weight excluding hydrogens is 334 g/mol. The van der Waals surface area contributed by atoms with E-state index in [0.29, 0.717) is 10.9 Å². The Kier molecular flexibility index (Phi) is 6.44. The van der Waals surface area contributed by atoms with Crippen molar-refractivity contribution in [2.75, 3.05) is 18.8 Å². The maximum atomic E-state index is 12.3. The molecule has 0 radical (unpaired) electrons. The molecule has 0 unspecified atom stereocenters. The van der Waals surface area contributed by atoms with Crippen molar-refractivity contribution in [1.82, 2.24) is 25.1 Å². The van der Waals surface area contributed by atoms with Gasteiger partial charge in [-0.15, -0.1) is 5.10 Å². The highest BCUT2D eigenvalue weighted by atomic mass is 32.2. The molecular formula is C18H25N5OS. The SMILES string of the molecule is CCCCc1ccc(-n2nnnc2SCC(=O)N2CCCCC2)cc1. The summed E-state index contributed by atoms with van der Waals surface area (Å²) in [4.78, 5) is 14.3. The van der Waals surface area contributed by atoms with Gasteiger partial charge in [-0.05, 0) is 60.2 Å². The van der Waals surface area contributed by atoms with Crippen LogP contribution in [0.1, 0.15) is 44.6 Å². The standard InChI is InChI=1S/C18H25N5OS/c1-2-3-7-15-8-10-16(11-9-15)23-18(19-20-21-23)25-14-17(24)22-12-5-4-6-13-22/h8-11H,2-7,12-14H2,1H3. The van der Waals surface area contributed by atoms with Gasteiger partial charge in [-0.3, -0.25) is 4.79 Å². The fourth-order valence-corrected chi connectivity index (χ4v) is 3.77. The fourth-order valence-electron chi connectivity index (χ4n) is 2.98. The third-order valence-electron chi connectivity index (χ3n) is 4.47. The van der Waals surface area contributed by atoms with Crippen molar-refractivity contribution in [1.29, 1.82) is 0 Å². The number of tetrazole rings is 1. The van der Waals surface area contributed by atoms with Gasteiger partial charge in [-0.1, -0.05) is 37.2 Å². The average Bonchev–Trinajstić information content (AvgIpc) is 3.14. The van der Waals surface area contributed by atoms with E-state index in [0.717, 1.165) is 38.0 Å². The Bertz CT molecular complexity index is 679. The number of piperidine rings is 1. The minimum Gasteiger partial charge on any atom is -0.342 e. The lowest BCUT2D eigenvalue weighted by Crippen LogP contribution is -2.36. The maximum absolute atomic E-state index is 12.3. The number of aryl methyl sites for hydroxylation is 1. The average molecular weight is 359 g/mol. The Balaban J connectivity index is 1.61. The predicted octanol–water partition coefficient (Wildman–Crippen LogP) is 3.11. The molecule has 0 aliphatic carbocycles. The van der Waals surface area contributed by atoms with E-state index in [-0.39, 0.29) is 5.91 Å². The van der Waals surface area contributed by atoms with E-state index in [9.17, 15) is 4.79 Å². The summed E-state index contributed by atoms with van der Waals surface area (Å²) in [7, 11) is 0. The summed E-state index contributed by atoms with van der Waals surface area (Å²) >= 11 is 1.40. The first-order valence-electron chi connectivity index (χ1n) is 9.06. The first-order chi connectivity index (χ1) is 12.3. The summed E-state index contributed by atoms with van der Waals surface area (Å²) in [5.41, 5.74) is 2.26. The Labute approximate surface area is 153 Å². The number of thioether (sulfide) groups is 1. The molecule has 0 N–H and O–H groups in total. The van der Waals surface area contributed by atoms with Gasteiger partial charge in [0, 0.05) is 13.1 Å². The lowest BCUT2D eigenvalue weighted by Gasteiger charge is -2.26. The van der Waals surface area contributed by atoms with Crippen molar-refractivity contribution in [3.8, 4) is 5.69 Å². The van der Waals surface area contributed by atoms with Crippen LogP contribution < -0.4 is 0 Å². The Hall–Kier alpha value is -1.89. The van der Waals surface area contributed by atoms with Gasteiger partial charge in [0.25, 0.3) is 0 Å². The van der Waals surface area contributed by atoms with Crippen molar-refractivity contribution in [3.63, 3.8) is 0 Å². The largest absolute Gasteiger partial charge is 0.342 e. The van der Waals surface area contributed by atoms with Gasteiger partial charge in [-0.2, -0.15) is 4.68 Å². The highest BCUT2D eigenvalue weighted by Crippen LogP contribution is 2.20. The number of carbonyl (C=O) groups excluding carboxylic acids is 1. The van der Waals surface area contributed by atoms with E-state index >= 15 is 0 Å². The van der Waals surface area contributed by atoms with Crippen LogP contribution in [-0.2, 0) is 11.2 Å². The molecule has 0 spiro atoms. The molecule has 1 amide bonds. The second kappa shape index (κ2) is 8.99. The second-order valence-corrected chi connectivity index (χ2v) is 7.32. The minimum atomic E-state index is 0.175. The first-order valence-corrected chi connectivity index (χ1v) is 10.0. The third-order valence-corrected chi connectivity index (χ3v) is 5.38. The highest BCUT2D eigenvalue weighted by Gasteiger charge is 2.18. The summed E-state index contributed by atoms with van der Waals surface area (Å²) in [6, 6.07) is 8.33. The zero-order valence-electron chi connectivity index (χ0n) is 14.7. The molecule has 1 saturated heterocycles. The van der Waals surface area contributed by atoms with Gasteiger partial charge < -0.3 is 4.90 Å². The summed E-state index contributed by atoms with van der Waals surface area (Å²) in [6.07, 6.45) is 6.93. The molecule has 1 fully saturated rings. The van der Waals surface area contributed by atoms with Crippen LogP contribution in [0, 0.1) is 0 Å². The molecule has 1 aromatic heterocycles. The number of hydrogen-bond acceptors (Lipinski definition) is 5. The zero-order valence-corrected chi connectivity index (χ0v) is 15.5. The maximum Gasteiger partial charge on any atom is 0.233 e. The van der Waals surface area contributed by atoms with E-state index in [1.54, 1.807) is 4.68 Å². The second-order valence-electron chi connectivity index (χ2n) is 6.37. The molecule has 2 aromatic rings. The first kappa shape index (κ1) is 17.9. The Morgan fingerprint density at radius 3 is 2.64 bits per heavy atom. The summed E-state index contributed by atoms with van der Waals surface area (Å²) < 4.78 is 1.71. The van der Waals surface area contributed by atoms with Crippen molar-refractivity contribution in [3.05, 3.63) is 29.8 Å². The monoisotopic (exact) mass is 359 g/mol. The number of unbranched alkanes of at least 4 members (excludes halogenated alkanes) is 1. The molecule has 134 valence electrons. The summed E-state index contributed by atoms with van der Waals surface area (Å²) in [6.45, 7) is 3.96. The zero-order chi connectivity index (χ0) is 17.5. The Morgan fingerprint density at radius 1 is 1.16 bits per heavy atom. The molecule has 1 aromatic carbocycles. The number of nitrogens with zero attached hydrogens (tertiary/aromatic N) is 5. The van der Waals surface area contributed by atoms with Crippen LogP contribution in [0.25, 0.3) is 5.69 Å². The number of carbonyl (C=O) groups is 1. The predicted molar refractivity (Wildman–Crippen MR) is 98.9 cm³/mol. The molecule has 0 bridgehead atoms. The number of benzene rings is 1. The molecule has 2 heterocycles. The Morgan fingerprint density at radius 2 is 1.92 bits per heavy atom. The van der Waals surface area contributed by atoms with Gasteiger partial charge in [0.1, 0.15) is 0 Å². The number of rotatable bonds is 7. The fraction of sp³-hybridized carbons (Fsp3) is 0.556. The van der Waals surface area contributed by atoms with Crippen molar-refractivity contribution >= 4 is 17.7 Å². The van der Waals surface area contributed by atoms with Crippen molar-refractivity contribution in [2.45, 2.75) is 50.6 Å². The van der Waals surface area contributed by atoms with Crippen LogP contribution in [0.3, 0.4) is 0 Å². The lowest BCUT2D eigenvalue weighted by molar-refractivity contribution is -0.129. The number of aromatic nitrogens is 4. The van der Waals surface area contributed by atoms with Gasteiger partial charge in [0.05, 0.1) is 11.4 Å². The van der Waals surface area contributed by atoms with Gasteiger partial charge in [-0.25, -0.2) is 0 Å². The molecule has 0 saturated carbocycles. The molecule has 1 aliphatic rings. The lowest BCUT2D eigenvalue weighted by atomic mass is 10.1. The topological polar surface area (TPSA) is 63.9 Å². The van der Waals surface area contributed by atoms with Crippen LogP contribution in [-0.4, -0.2) is 49.9 Å². The van der Waals surface area contributed by atoms with Crippen LogP contribution in [0.5, 0.6) is 0 Å². The van der Waals surface area contributed by atoms with Crippen molar-refractivity contribution in [2.24, 2.45) is 0 Å². The number of hydrogen-bond donors (Lipinski definition) is 0. The van der Waals surface area contributed by atoms with Crippen LogP contribution in [0.4, 0.5) is 0 Å². The van der Waals surface area contributed by atoms with E-state index in [4.69, 9.17) is 0 Å².